The Labute approximate surface area is 135 Å². The molecule has 0 aliphatic carbocycles. The molecule has 9 heteroatoms. The van der Waals surface area contributed by atoms with Crippen molar-refractivity contribution in [1.29, 1.82) is 0 Å². The number of rotatable bonds is 4. The van der Waals surface area contributed by atoms with E-state index in [0.717, 1.165) is 0 Å². The second-order valence-electron chi connectivity index (χ2n) is 5.06. The number of aromatic amines is 2. The van der Waals surface area contributed by atoms with Gasteiger partial charge in [0.2, 0.25) is 0 Å². The third kappa shape index (κ3) is 3.04. The normalized spacial score (nSPS) is 12.2. The number of nitrogens with zero attached hydrogens (tertiary/aromatic N) is 3. The van der Waals surface area contributed by atoms with Crippen LogP contribution in [0.1, 0.15) is 17.4 Å². The van der Waals surface area contributed by atoms with Crippen molar-refractivity contribution in [3.05, 3.63) is 51.5 Å². The Morgan fingerprint density at radius 3 is 3.00 bits per heavy atom. The molecule has 3 aromatic rings. The van der Waals surface area contributed by atoms with Crippen LogP contribution in [0, 0.1) is 4.77 Å². The summed E-state index contributed by atoms with van der Waals surface area (Å²) in [6.45, 7) is 2.21. The van der Waals surface area contributed by atoms with Gasteiger partial charge >= 0.3 is 0 Å². The summed E-state index contributed by atoms with van der Waals surface area (Å²) in [5.41, 5.74) is 0.831. The van der Waals surface area contributed by atoms with Crippen molar-refractivity contribution in [2.75, 3.05) is 0 Å². The van der Waals surface area contributed by atoms with Crippen molar-refractivity contribution in [2.24, 2.45) is 0 Å². The lowest BCUT2D eigenvalue weighted by Gasteiger charge is -2.16. The van der Waals surface area contributed by atoms with E-state index >= 15 is 0 Å². The first-order valence-electron chi connectivity index (χ1n) is 6.94. The van der Waals surface area contributed by atoms with Gasteiger partial charge in [-0.1, -0.05) is 6.07 Å². The molecule has 0 fully saturated rings. The van der Waals surface area contributed by atoms with Gasteiger partial charge < -0.3 is 10.3 Å². The number of H-pyrrole nitrogens is 2. The molecule has 0 saturated carbocycles. The number of nitrogens with one attached hydrogen (secondary N) is 3. The molecule has 1 unspecified atom stereocenters. The fourth-order valence-electron chi connectivity index (χ4n) is 2.27. The zero-order valence-electron chi connectivity index (χ0n) is 12.2. The monoisotopic (exact) mass is 330 g/mol. The van der Waals surface area contributed by atoms with Gasteiger partial charge in [0.25, 0.3) is 11.5 Å². The highest BCUT2D eigenvalue weighted by Crippen LogP contribution is 2.06. The molecule has 1 amide bonds. The van der Waals surface area contributed by atoms with E-state index in [1.807, 2.05) is 6.92 Å². The molecule has 0 aliphatic heterocycles. The van der Waals surface area contributed by atoms with Gasteiger partial charge in [-0.15, -0.1) is 0 Å². The first-order valence-corrected chi connectivity index (χ1v) is 7.35. The first-order chi connectivity index (χ1) is 11.1. The van der Waals surface area contributed by atoms with E-state index in [0.29, 0.717) is 23.4 Å². The minimum absolute atomic E-state index is 0.234. The van der Waals surface area contributed by atoms with Crippen molar-refractivity contribution in [3.8, 4) is 0 Å². The predicted molar refractivity (Wildman–Crippen MR) is 86.7 cm³/mol. The second-order valence-corrected chi connectivity index (χ2v) is 5.45. The quantitative estimate of drug-likeness (QED) is 0.618. The van der Waals surface area contributed by atoms with Gasteiger partial charge in [-0.3, -0.25) is 24.1 Å². The van der Waals surface area contributed by atoms with Crippen LogP contribution in [0.15, 0.2) is 35.5 Å². The van der Waals surface area contributed by atoms with Crippen LogP contribution in [0.5, 0.6) is 0 Å². The highest BCUT2D eigenvalue weighted by molar-refractivity contribution is 7.71. The van der Waals surface area contributed by atoms with E-state index in [4.69, 9.17) is 12.2 Å². The molecule has 0 radical (unpaired) electrons. The van der Waals surface area contributed by atoms with Crippen LogP contribution >= 0.6 is 12.2 Å². The fourth-order valence-corrected chi connectivity index (χ4v) is 2.52. The summed E-state index contributed by atoms with van der Waals surface area (Å²) in [6, 6.07) is 4.90. The molecule has 0 saturated heterocycles. The molecule has 0 aliphatic rings. The van der Waals surface area contributed by atoms with Gasteiger partial charge in [0.1, 0.15) is 11.2 Å². The number of carbonyl (C=O) groups is 1. The largest absolute Gasteiger partial charge is 0.346 e. The van der Waals surface area contributed by atoms with Crippen molar-refractivity contribution < 1.29 is 4.79 Å². The predicted octanol–water partition coefficient (Wildman–Crippen LogP) is 0.996. The zero-order chi connectivity index (χ0) is 16.4. The molecular weight excluding hydrogens is 316 g/mol. The third-order valence-electron chi connectivity index (χ3n) is 3.30. The van der Waals surface area contributed by atoms with E-state index in [2.05, 4.69) is 25.3 Å². The van der Waals surface area contributed by atoms with Crippen molar-refractivity contribution in [3.63, 3.8) is 0 Å². The maximum absolute atomic E-state index is 12.1. The summed E-state index contributed by atoms with van der Waals surface area (Å²) in [4.78, 5) is 37.4. The number of hydrogen-bond acceptors (Lipinski definition) is 5. The van der Waals surface area contributed by atoms with Crippen LogP contribution in [0.4, 0.5) is 0 Å². The SMILES string of the molecule is CC(Cn1c(=S)[nH]c(=O)c2[nH]cnc21)NC(=O)c1ccccn1. The second kappa shape index (κ2) is 6.13. The van der Waals surface area contributed by atoms with Crippen molar-refractivity contribution in [2.45, 2.75) is 19.5 Å². The van der Waals surface area contributed by atoms with Crippen LogP contribution in [0.2, 0.25) is 0 Å². The van der Waals surface area contributed by atoms with Crippen LogP contribution in [0.3, 0.4) is 0 Å². The number of aromatic nitrogens is 5. The molecular formula is C14H14N6O2S. The summed E-state index contributed by atoms with van der Waals surface area (Å²) in [5.74, 6) is -0.271. The molecule has 3 N–H and O–H groups in total. The summed E-state index contributed by atoms with van der Waals surface area (Å²) in [5, 5.41) is 2.84. The molecule has 23 heavy (non-hydrogen) atoms. The Morgan fingerprint density at radius 1 is 1.43 bits per heavy atom. The number of pyridine rings is 1. The summed E-state index contributed by atoms with van der Waals surface area (Å²) in [7, 11) is 0. The number of amides is 1. The highest BCUT2D eigenvalue weighted by atomic mass is 32.1. The lowest BCUT2D eigenvalue weighted by Crippen LogP contribution is -2.36. The fraction of sp³-hybridized carbons (Fsp3) is 0.214. The van der Waals surface area contributed by atoms with E-state index in [1.54, 1.807) is 29.0 Å². The standard InChI is InChI=1S/C14H14N6O2S/c1-8(18-12(21)9-4-2-3-5-15-9)6-20-11-10(16-7-17-11)13(22)19-14(20)23/h2-5,7-8H,6H2,1H3,(H,16,17)(H,18,21)(H,19,22,23). The van der Waals surface area contributed by atoms with Gasteiger partial charge in [-0.2, -0.15) is 0 Å². The molecule has 3 heterocycles. The van der Waals surface area contributed by atoms with Gasteiger partial charge in [0.05, 0.1) is 6.33 Å². The van der Waals surface area contributed by atoms with Gasteiger partial charge in [-0.05, 0) is 31.3 Å². The van der Waals surface area contributed by atoms with Crippen LogP contribution in [-0.4, -0.2) is 36.5 Å². The number of carbonyl (C=O) groups excluding carboxylic acids is 1. The Kier molecular flexibility index (Phi) is 4.02. The molecule has 118 valence electrons. The van der Waals surface area contributed by atoms with E-state index < -0.39 is 0 Å². The molecule has 0 spiro atoms. The Balaban J connectivity index is 1.82. The Hall–Kier alpha value is -2.81. The average Bonchev–Trinajstić information content (AvgIpc) is 3.02. The number of hydrogen-bond donors (Lipinski definition) is 3. The summed E-state index contributed by atoms with van der Waals surface area (Å²) >= 11 is 5.19. The molecule has 0 bridgehead atoms. The minimum Gasteiger partial charge on any atom is -0.346 e. The molecule has 3 rings (SSSR count). The van der Waals surface area contributed by atoms with E-state index in [1.165, 1.54) is 6.33 Å². The average molecular weight is 330 g/mol. The van der Waals surface area contributed by atoms with Crippen molar-refractivity contribution >= 4 is 29.3 Å². The first kappa shape index (κ1) is 15.1. The maximum Gasteiger partial charge on any atom is 0.277 e. The van der Waals surface area contributed by atoms with Crippen molar-refractivity contribution in [1.82, 2.24) is 29.8 Å². The Bertz CT molecular complexity index is 959. The third-order valence-corrected chi connectivity index (χ3v) is 3.62. The van der Waals surface area contributed by atoms with Gasteiger partial charge in [-0.25, -0.2) is 4.98 Å². The van der Waals surface area contributed by atoms with Gasteiger partial charge in [0, 0.05) is 18.8 Å². The van der Waals surface area contributed by atoms with E-state index in [-0.39, 0.29) is 22.3 Å². The van der Waals surface area contributed by atoms with E-state index in [9.17, 15) is 9.59 Å². The summed E-state index contributed by atoms with van der Waals surface area (Å²) in [6.07, 6.45) is 2.99. The zero-order valence-corrected chi connectivity index (χ0v) is 13.1. The van der Waals surface area contributed by atoms with Crippen LogP contribution < -0.4 is 10.9 Å². The minimum atomic E-state index is -0.316. The maximum atomic E-state index is 12.1. The topological polar surface area (TPSA) is 108 Å². The van der Waals surface area contributed by atoms with Crippen LogP contribution in [0.25, 0.3) is 11.2 Å². The lowest BCUT2D eigenvalue weighted by atomic mass is 10.3. The molecule has 1 atom stereocenters. The number of fused-ring (bicyclic) bond motifs is 1. The molecule has 3 aromatic heterocycles. The molecule has 0 aromatic carbocycles. The summed E-state index contributed by atoms with van der Waals surface area (Å²) < 4.78 is 1.93. The molecule has 8 nitrogen and oxygen atoms in total. The lowest BCUT2D eigenvalue weighted by molar-refractivity contribution is 0.0931. The smallest absolute Gasteiger partial charge is 0.277 e. The highest BCUT2D eigenvalue weighted by Gasteiger charge is 2.14. The number of imidazole rings is 1. The van der Waals surface area contributed by atoms with Crippen LogP contribution in [-0.2, 0) is 6.54 Å². The Morgan fingerprint density at radius 2 is 2.26 bits per heavy atom. The van der Waals surface area contributed by atoms with Gasteiger partial charge in [0.15, 0.2) is 10.4 Å².